The summed E-state index contributed by atoms with van der Waals surface area (Å²) in [4.78, 5) is 2.41. The summed E-state index contributed by atoms with van der Waals surface area (Å²) in [6.45, 7) is 9.50. The number of hydrogen-bond acceptors (Lipinski definition) is 1. The van der Waals surface area contributed by atoms with E-state index in [-0.39, 0.29) is 12.4 Å². The Morgan fingerprint density at radius 2 is 1.32 bits per heavy atom. The molecular weight excluding hydrogens is 290 g/mol. The van der Waals surface area contributed by atoms with Crippen LogP contribution in [0.25, 0.3) is 0 Å². The van der Waals surface area contributed by atoms with Crippen LogP contribution in [0, 0.1) is 0 Å². The van der Waals surface area contributed by atoms with Crippen molar-refractivity contribution in [1.82, 2.24) is 4.90 Å². The largest absolute Gasteiger partial charge is 0.289 e. The van der Waals surface area contributed by atoms with Crippen LogP contribution in [0.3, 0.4) is 0 Å². The molecule has 0 saturated carbocycles. The molecule has 0 spiro atoms. The molecule has 0 bridgehead atoms. The van der Waals surface area contributed by atoms with Crippen molar-refractivity contribution in [3.05, 3.63) is 97.1 Å². The van der Waals surface area contributed by atoms with Crippen LogP contribution in [-0.4, -0.2) is 18.0 Å². The van der Waals surface area contributed by atoms with Crippen LogP contribution in [0.15, 0.2) is 86.0 Å². The first-order chi connectivity index (χ1) is 10.3. The number of hydrogen-bond donors (Lipinski definition) is 0. The molecule has 22 heavy (non-hydrogen) atoms. The summed E-state index contributed by atoms with van der Waals surface area (Å²) in [5, 5.41) is 0. The monoisotopic (exact) mass is 313 g/mol. The van der Waals surface area contributed by atoms with Crippen molar-refractivity contribution in [2.24, 2.45) is 0 Å². The summed E-state index contributed by atoms with van der Waals surface area (Å²) < 4.78 is 0. The molecule has 2 aromatic rings. The average Bonchev–Trinajstić information content (AvgIpc) is 2.54. The van der Waals surface area contributed by atoms with Crippen LogP contribution in [0.5, 0.6) is 0 Å². The van der Waals surface area contributed by atoms with Gasteiger partial charge in [0.05, 0.1) is 0 Å². The standard InChI is InChI=1S/C20H23N.ClH/c1-3-15-21(16-4-2)20(19-13-9-6-10-14-19)17-18-11-7-5-8-12-18;/h3-14,20H,1-2,15-17H2;1H. The maximum absolute atomic E-state index is 3.89. The molecule has 1 nitrogen and oxygen atoms in total. The van der Waals surface area contributed by atoms with E-state index in [9.17, 15) is 0 Å². The van der Waals surface area contributed by atoms with E-state index in [2.05, 4.69) is 78.7 Å². The van der Waals surface area contributed by atoms with Crippen molar-refractivity contribution in [1.29, 1.82) is 0 Å². The minimum absolute atomic E-state index is 0. The van der Waals surface area contributed by atoms with Crippen LogP contribution in [-0.2, 0) is 6.42 Å². The summed E-state index contributed by atoms with van der Waals surface area (Å²) in [5.41, 5.74) is 2.69. The van der Waals surface area contributed by atoms with Gasteiger partial charge in [-0.1, -0.05) is 72.8 Å². The number of benzene rings is 2. The molecule has 0 radical (unpaired) electrons. The van der Waals surface area contributed by atoms with Crippen molar-refractivity contribution in [3.8, 4) is 0 Å². The van der Waals surface area contributed by atoms with E-state index in [1.807, 2.05) is 12.2 Å². The fraction of sp³-hybridized carbons (Fsp3) is 0.200. The summed E-state index contributed by atoms with van der Waals surface area (Å²) >= 11 is 0. The molecule has 0 saturated heterocycles. The van der Waals surface area contributed by atoms with Gasteiger partial charge in [-0.3, -0.25) is 4.90 Å². The smallest absolute Gasteiger partial charge is 0.0395 e. The Morgan fingerprint density at radius 1 is 0.818 bits per heavy atom. The second-order valence-electron chi connectivity index (χ2n) is 5.15. The normalized spacial score (nSPS) is 11.5. The van der Waals surface area contributed by atoms with E-state index < -0.39 is 0 Å². The highest BCUT2D eigenvalue weighted by Gasteiger charge is 2.18. The van der Waals surface area contributed by atoms with Gasteiger partial charge in [0.15, 0.2) is 0 Å². The van der Waals surface area contributed by atoms with Crippen LogP contribution >= 0.6 is 12.4 Å². The molecule has 0 aliphatic heterocycles. The summed E-state index contributed by atoms with van der Waals surface area (Å²) in [6.07, 6.45) is 4.92. The van der Waals surface area contributed by atoms with Crippen molar-refractivity contribution in [2.45, 2.75) is 12.5 Å². The second kappa shape index (κ2) is 9.99. The van der Waals surface area contributed by atoms with Crippen molar-refractivity contribution in [2.75, 3.05) is 13.1 Å². The van der Waals surface area contributed by atoms with Crippen molar-refractivity contribution in [3.63, 3.8) is 0 Å². The van der Waals surface area contributed by atoms with Gasteiger partial charge < -0.3 is 0 Å². The second-order valence-corrected chi connectivity index (χ2v) is 5.15. The van der Waals surface area contributed by atoms with E-state index in [0.29, 0.717) is 6.04 Å². The molecule has 116 valence electrons. The maximum atomic E-state index is 3.89. The van der Waals surface area contributed by atoms with Crippen molar-refractivity contribution < 1.29 is 0 Å². The van der Waals surface area contributed by atoms with E-state index >= 15 is 0 Å². The zero-order chi connectivity index (χ0) is 14.9. The Kier molecular flexibility index (Phi) is 8.27. The Balaban J connectivity index is 0.00000242. The quantitative estimate of drug-likeness (QED) is 0.615. The SMILES string of the molecule is C=CCN(CC=C)C(Cc1ccccc1)c1ccccc1.Cl. The molecule has 0 aliphatic carbocycles. The number of nitrogens with zero attached hydrogens (tertiary/aromatic N) is 1. The molecule has 1 atom stereocenters. The Labute approximate surface area is 140 Å². The lowest BCUT2D eigenvalue weighted by Crippen LogP contribution is -2.30. The highest BCUT2D eigenvalue weighted by atomic mass is 35.5. The van der Waals surface area contributed by atoms with Gasteiger partial charge >= 0.3 is 0 Å². The molecule has 0 fully saturated rings. The molecule has 2 aromatic carbocycles. The van der Waals surface area contributed by atoms with Crippen molar-refractivity contribution >= 4 is 12.4 Å². The lowest BCUT2D eigenvalue weighted by molar-refractivity contribution is 0.241. The van der Waals surface area contributed by atoms with Gasteiger partial charge in [0.25, 0.3) is 0 Å². The lowest BCUT2D eigenvalue weighted by Gasteiger charge is -2.30. The summed E-state index contributed by atoms with van der Waals surface area (Å²) in [7, 11) is 0. The number of halogens is 1. The predicted molar refractivity (Wildman–Crippen MR) is 98.5 cm³/mol. The van der Waals surface area contributed by atoms with Gasteiger partial charge in [-0.05, 0) is 17.5 Å². The van der Waals surface area contributed by atoms with Gasteiger partial charge in [0.2, 0.25) is 0 Å². The summed E-state index contributed by atoms with van der Waals surface area (Å²) in [5.74, 6) is 0. The molecular formula is C20H24ClN. The fourth-order valence-corrected chi connectivity index (χ4v) is 2.63. The summed E-state index contributed by atoms with van der Waals surface area (Å²) in [6, 6.07) is 21.7. The van der Waals surface area contributed by atoms with Crippen LogP contribution < -0.4 is 0 Å². The number of rotatable bonds is 8. The zero-order valence-electron chi connectivity index (χ0n) is 12.9. The molecule has 2 heteroatoms. The maximum Gasteiger partial charge on any atom is 0.0395 e. The highest BCUT2D eigenvalue weighted by Crippen LogP contribution is 2.25. The van der Waals surface area contributed by atoms with E-state index in [1.54, 1.807) is 0 Å². The lowest BCUT2D eigenvalue weighted by atomic mass is 9.97. The van der Waals surface area contributed by atoms with E-state index in [0.717, 1.165) is 19.5 Å². The first kappa shape index (κ1) is 18.2. The molecule has 0 aromatic heterocycles. The molecule has 1 unspecified atom stereocenters. The average molecular weight is 314 g/mol. The zero-order valence-corrected chi connectivity index (χ0v) is 13.7. The molecule has 0 N–H and O–H groups in total. The Bertz CT molecular complexity index is 540. The van der Waals surface area contributed by atoms with Crippen LogP contribution in [0.2, 0.25) is 0 Å². The third-order valence-electron chi connectivity index (χ3n) is 3.62. The molecule has 0 aliphatic rings. The van der Waals surface area contributed by atoms with Gasteiger partial charge in [0, 0.05) is 19.1 Å². The predicted octanol–water partition coefficient (Wildman–Crippen LogP) is 5.07. The third kappa shape index (κ3) is 5.18. The minimum atomic E-state index is 0. The first-order valence-electron chi connectivity index (χ1n) is 7.40. The molecule has 0 heterocycles. The third-order valence-corrected chi connectivity index (χ3v) is 3.62. The van der Waals surface area contributed by atoms with Gasteiger partial charge in [-0.2, -0.15) is 0 Å². The fourth-order valence-electron chi connectivity index (χ4n) is 2.63. The van der Waals surface area contributed by atoms with Gasteiger partial charge in [0.1, 0.15) is 0 Å². The first-order valence-corrected chi connectivity index (χ1v) is 7.40. The molecule has 0 amide bonds. The van der Waals surface area contributed by atoms with E-state index in [1.165, 1.54) is 11.1 Å². The van der Waals surface area contributed by atoms with Gasteiger partial charge in [-0.25, -0.2) is 0 Å². The molecule has 2 rings (SSSR count). The Hall–Kier alpha value is -1.83. The van der Waals surface area contributed by atoms with Crippen LogP contribution in [0.4, 0.5) is 0 Å². The Morgan fingerprint density at radius 3 is 1.82 bits per heavy atom. The van der Waals surface area contributed by atoms with Crippen LogP contribution in [0.1, 0.15) is 17.2 Å². The highest BCUT2D eigenvalue weighted by molar-refractivity contribution is 5.85. The van der Waals surface area contributed by atoms with Gasteiger partial charge in [-0.15, -0.1) is 25.6 Å². The topological polar surface area (TPSA) is 3.24 Å². The minimum Gasteiger partial charge on any atom is -0.289 e. The van der Waals surface area contributed by atoms with E-state index in [4.69, 9.17) is 0 Å².